The summed E-state index contributed by atoms with van der Waals surface area (Å²) in [7, 11) is 0. The van der Waals surface area contributed by atoms with Gasteiger partial charge < -0.3 is 0 Å². The predicted molar refractivity (Wildman–Crippen MR) is 134 cm³/mol. The van der Waals surface area contributed by atoms with Crippen molar-refractivity contribution in [1.29, 1.82) is 0 Å². The van der Waals surface area contributed by atoms with E-state index in [1.165, 1.54) is 22.3 Å². The van der Waals surface area contributed by atoms with Crippen molar-refractivity contribution in [3.05, 3.63) is 88.2 Å². The van der Waals surface area contributed by atoms with Gasteiger partial charge in [0.2, 0.25) is 0 Å². The van der Waals surface area contributed by atoms with Crippen LogP contribution in [-0.2, 0) is 5.41 Å². The van der Waals surface area contributed by atoms with Crippen molar-refractivity contribution in [3.8, 4) is 0 Å². The molecule has 0 saturated heterocycles. The van der Waals surface area contributed by atoms with Gasteiger partial charge in [-0.15, -0.1) is 0 Å². The summed E-state index contributed by atoms with van der Waals surface area (Å²) >= 11 is 0. The molecule has 0 aliphatic heterocycles. The number of aryl methyl sites for hydroxylation is 3. The normalized spacial score (nSPS) is 12.9. The SMILES string of the molecule is C/C(=N\c1ccc(C(C)(C)C)cc1)c1cccc(/C(C)=N/c2c(C)cc(C)cc2C)n1. The van der Waals surface area contributed by atoms with E-state index in [-0.39, 0.29) is 5.41 Å². The quantitative estimate of drug-likeness (QED) is 0.408. The van der Waals surface area contributed by atoms with Gasteiger partial charge >= 0.3 is 0 Å². The van der Waals surface area contributed by atoms with E-state index in [1.807, 2.05) is 32.0 Å². The second-order valence-electron chi connectivity index (χ2n) is 9.35. The first-order chi connectivity index (χ1) is 14.5. The Labute approximate surface area is 187 Å². The van der Waals surface area contributed by atoms with Crippen LogP contribution in [0.4, 0.5) is 11.4 Å². The van der Waals surface area contributed by atoms with E-state index < -0.39 is 0 Å². The zero-order valence-corrected chi connectivity index (χ0v) is 20.0. The maximum Gasteiger partial charge on any atom is 0.0849 e. The molecule has 0 aliphatic rings. The Hall–Kier alpha value is -3.07. The van der Waals surface area contributed by atoms with Crippen molar-refractivity contribution in [2.24, 2.45) is 9.98 Å². The van der Waals surface area contributed by atoms with E-state index in [9.17, 15) is 0 Å². The molecule has 0 fully saturated rings. The van der Waals surface area contributed by atoms with E-state index in [0.717, 1.165) is 34.2 Å². The topological polar surface area (TPSA) is 37.6 Å². The van der Waals surface area contributed by atoms with Crippen LogP contribution in [-0.4, -0.2) is 16.4 Å². The van der Waals surface area contributed by atoms with Gasteiger partial charge in [-0.1, -0.05) is 56.7 Å². The smallest absolute Gasteiger partial charge is 0.0849 e. The number of hydrogen-bond donors (Lipinski definition) is 0. The van der Waals surface area contributed by atoms with Crippen LogP contribution in [0.2, 0.25) is 0 Å². The molecule has 0 spiro atoms. The summed E-state index contributed by atoms with van der Waals surface area (Å²) in [6.45, 7) is 17.0. The highest BCUT2D eigenvalue weighted by atomic mass is 14.8. The number of aliphatic imine (C=N–C) groups is 2. The number of benzene rings is 2. The van der Waals surface area contributed by atoms with Gasteiger partial charge in [-0.3, -0.25) is 9.98 Å². The predicted octanol–water partition coefficient (Wildman–Crippen LogP) is 7.59. The van der Waals surface area contributed by atoms with E-state index in [2.05, 4.69) is 77.9 Å². The first kappa shape index (κ1) is 22.6. The van der Waals surface area contributed by atoms with Gasteiger partial charge in [0.25, 0.3) is 0 Å². The fraction of sp³-hybridized carbons (Fsp3) is 0.321. The molecule has 31 heavy (non-hydrogen) atoms. The molecule has 3 aromatic rings. The van der Waals surface area contributed by atoms with Crippen molar-refractivity contribution >= 4 is 22.8 Å². The molecule has 3 heteroatoms. The average Bonchev–Trinajstić information content (AvgIpc) is 2.70. The van der Waals surface area contributed by atoms with Crippen LogP contribution in [0.25, 0.3) is 0 Å². The summed E-state index contributed by atoms with van der Waals surface area (Å²) in [5.41, 5.74) is 10.6. The van der Waals surface area contributed by atoms with Gasteiger partial charge in [-0.25, -0.2) is 4.98 Å². The average molecular weight is 412 g/mol. The molecular formula is C28H33N3. The lowest BCUT2D eigenvalue weighted by atomic mass is 9.87. The van der Waals surface area contributed by atoms with Gasteiger partial charge in [-0.05, 0) is 81.0 Å². The second kappa shape index (κ2) is 8.97. The number of hydrogen-bond acceptors (Lipinski definition) is 3. The zero-order chi connectivity index (χ0) is 22.8. The fourth-order valence-corrected chi connectivity index (χ4v) is 3.70. The van der Waals surface area contributed by atoms with E-state index in [4.69, 9.17) is 15.0 Å². The van der Waals surface area contributed by atoms with Crippen LogP contribution in [0.3, 0.4) is 0 Å². The Balaban J connectivity index is 1.90. The maximum atomic E-state index is 4.90. The number of rotatable bonds is 4. The summed E-state index contributed by atoms with van der Waals surface area (Å²) in [6, 6.07) is 18.8. The number of aromatic nitrogens is 1. The molecule has 0 unspecified atom stereocenters. The van der Waals surface area contributed by atoms with Gasteiger partial charge in [0, 0.05) is 0 Å². The van der Waals surface area contributed by atoms with Crippen molar-refractivity contribution in [2.45, 2.75) is 60.8 Å². The van der Waals surface area contributed by atoms with Gasteiger partial charge in [-0.2, -0.15) is 0 Å². The zero-order valence-electron chi connectivity index (χ0n) is 20.0. The summed E-state index contributed by atoms with van der Waals surface area (Å²) in [5.74, 6) is 0. The Morgan fingerprint density at radius 2 is 1.26 bits per heavy atom. The highest BCUT2D eigenvalue weighted by molar-refractivity contribution is 6.02. The molecule has 0 N–H and O–H groups in total. The molecule has 1 heterocycles. The third-order valence-electron chi connectivity index (χ3n) is 5.44. The van der Waals surface area contributed by atoms with Gasteiger partial charge in [0.15, 0.2) is 0 Å². The highest BCUT2D eigenvalue weighted by Gasteiger charge is 2.13. The highest BCUT2D eigenvalue weighted by Crippen LogP contribution is 2.26. The lowest BCUT2D eigenvalue weighted by Gasteiger charge is -2.18. The minimum absolute atomic E-state index is 0.137. The molecule has 3 nitrogen and oxygen atoms in total. The van der Waals surface area contributed by atoms with Crippen molar-refractivity contribution < 1.29 is 0 Å². The van der Waals surface area contributed by atoms with Crippen LogP contribution < -0.4 is 0 Å². The van der Waals surface area contributed by atoms with E-state index in [1.54, 1.807) is 0 Å². The second-order valence-corrected chi connectivity index (χ2v) is 9.35. The molecule has 0 atom stereocenters. The third-order valence-corrected chi connectivity index (χ3v) is 5.44. The van der Waals surface area contributed by atoms with Crippen LogP contribution in [0.1, 0.15) is 68.3 Å². The lowest BCUT2D eigenvalue weighted by Crippen LogP contribution is -2.10. The first-order valence-electron chi connectivity index (χ1n) is 10.8. The molecule has 0 bridgehead atoms. The fourth-order valence-electron chi connectivity index (χ4n) is 3.70. The lowest BCUT2D eigenvalue weighted by molar-refractivity contribution is 0.590. The Kier molecular flexibility index (Phi) is 6.54. The van der Waals surface area contributed by atoms with Crippen molar-refractivity contribution in [1.82, 2.24) is 4.98 Å². The summed E-state index contributed by atoms with van der Waals surface area (Å²) in [5, 5.41) is 0. The third kappa shape index (κ3) is 5.55. The first-order valence-corrected chi connectivity index (χ1v) is 10.8. The standard InChI is InChI=1S/C28H33N3/c1-18-16-19(2)27(20(3)17-18)30-22(5)26-11-9-10-25(31-26)21(4)29-24-14-12-23(13-15-24)28(6,7)8/h9-17H,1-8H3/b29-21+,30-22+. The summed E-state index contributed by atoms with van der Waals surface area (Å²) < 4.78 is 0. The minimum atomic E-state index is 0.137. The van der Waals surface area contributed by atoms with Crippen LogP contribution in [0.5, 0.6) is 0 Å². The largest absolute Gasteiger partial charge is 0.252 e. The van der Waals surface area contributed by atoms with Crippen molar-refractivity contribution in [3.63, 3.8) is 0 Å². The Morgan fingerprint density at radius 1 is 0.742 bits per heavy atom. The van der Waals surface area contributed by atoms with Crippen LogP contribution in [0, 0.1) is 20.8 Å². The molecular weight excluding hydrogens is 378 g/mol. The molecule has 3 rings (SSSR count). The molecule has 0 aliphatic carbocycles. The Morgan fingerprint density at radius 3 is 1.77 bits per heavy atom. The summed E-state index contributed by atoms with van der Waals surface area (Å²) in [6.07, 6.45) is 0. The summed E-state index contributed by atoms with van der Waals surface area (Å²) in [4.78, 5) is 14.5. The molecule has 0 saturated carbocycles. The number of pyridine rings is 1. The van der Waals surface area contributed by atoms with Crippen LogP contribution in [0.15, 0.2) is 64.6 Å². The molecule has 0 amide bonds. The van der Waals surface area contributed by atoms with Gasteiger partial charge in [0.05, 0.1) is 34.2 Å². The van der Waals surface area contributed by atoms with Gasteiger partial charge in [0.1, 0.15) is 0 Å². The van der Waals surface area contributed by atoms with Crippen molar-refractivity contribution in [2.75, 3.05) is 0 Å². The minimum Gasteiger partial charge on any atom is -0.252 e. The van der Waals surface area contributed by atoms with Crippen LogP contribution >= 0.6 is 0 Å². The monoisotopic (exact) mass is 411 g/mol. The maximum absolute atomic E-state index is 4.90. The number of nitrogens with zero attached hydrogens (tertiary/aromatic N) is 3. The van der Waals surface area contributed by atoms with E-state index in [0.29, 0.717) is 0 Å². The molecule has 160 valence electrons. The van der Waals surface area contributed by atoms with E-state index >= 15 is 0 Å². The molecule has 1 aromatic heterocycles. The Bertz CT molecular complexity index is 1120. The molecule has 0 radical (unpaired) electrons. The molecule has 2 aromatic carbocycles.